The largest absolute Gasteiger partial charge is 0.462 e. The molecule has 3 rings (SSSR count). The molecule has 0 unspecified atom stereocenters. The summed E-state index contributed by atoms with van der Waals surface area (Å²) >= 11 is 1.16. The van der Waals surface area contributed by atoms with E-state index in [1.54, 1.807) is 20.8 Å². The Bertz CT molecular complexity index is 1240. The van der Waals surface area contributed by atoms with Gasteiger partial charge in [0.15, 0.2) is 6.61 Å². The molecule has 1 aliphatic rings. The van der Waals surface area contributed by atoms with Crippen molar-refractivity contribution in [1.82, 2.24) is 4.31 Å². The Labute approximate surface area is 206 Å². The summed E-state index contributed by atoms with van der Waals surface area (Å²) < 4.78 is 56.2. The minimum Gasteiger partial charge on any atom is -0.462 e. The summed E-state index contributed by atoms with van der Waals surface area (Å²) in [4.78, 5) is 37.6. The fraction of sp³-hybridized carbons (Fsp3) is 0.409. The first-order chi connectivity index (χ1) is 16.6. The second kappa shape index (κ2) is 11.2. The van der Waals surface area contributed by atoms with Crippen molar-refractivity contribution in [3.8, 4) is 0 Å². The molecule has 1 aliphatic heterocycles. The monoisotopic (exact) mass is 528 g/mol. The van der Waals surface area contributed by atoms with Gasteiger partial charge < -0.3 is 19.5 Å². The number of benzene rings is 1. The highest BCUT2D eigenvalue weighted by molar-refractivity contribution is 7.89. The van der Waals surface area contributed by atoms with Crippen LogP contribution in [0.25, 0.3) is 0 Å². The molecule has 2 heterocycles. The van der Waals surface area contributed by atoms with E-state index < -0.39 is 45.9 Å². The number of halogens is 1. The van der Waals surface area contributed by atoms with Crippen molar-refractivity contribution in [2.24, 2.45) is 0 Å². The molecule has 1 aromatic carbocycles. The number of thiophene rings is 1. The van der Waals surface area contributed by atoms with Gasteiger partial charge in [0, 0.05) is 18.0 Å². The number of morpholine rings is 1. The molecule has 190 valence electrons. The van der Waals surface area contributed by atoms with E-state index in [2.05, 4.69) is 5.32 Å². The summed E-state index contributed by atoms with van der Waals surface area (Å²) in [6.07, 6.45) is 0. The van der Waals surface area contributed by atoms with Gasteiger partial charge in [-0.25, -0.2) is 22.4 Å². The van der Waals surface area contributed by atoms with Crippen LogP contribution in [0.15, 0.2) is 23.1 Å². The number of carbonyl (C=O) groups excluding carboxylic acids is 3. The Hall–Kier alpha value is -2.87. The third kappa shape index (κ3) is 6.04. The molecule has 0 atom stereocenters. The molecular formula is C22H25FN2O8S2. The molecule has 0 aliphatic carbocycles. The Morgan fingerprint density at radius 3 is 2.49 bits per heavy atom. The van der Waals surface area contributed by atoms with Crippen LogP contribution in [0, 0.1) is 19.7 Å². The molecule has 0 radical (unpaired) electrons. The highest BCUT2D eigenvalue weighted by atomic mass is 32.2. The van der Waals surface area contributed by atoms with Crippen LogP contribution in [0.5, 0.6) is 0 Å². The number of aryl methyl sites for hydroxylation is 1. The number of esters is 2. The van der Waals surface area contributed by atoms with Crippen molar-refractivity contribution < 1.29 is 41.4 Å². The Balaban J connectivity index is 1.70. The Morgan fingerprint density at radius 1 is 1.14 bits per heavy atom. The third-order valence-corrected chi connectivity index (χ3v) is 8.24. The highest BCUT2D eigenvalue weighted by Crippen LogP contribution is 2.33. The van der Waals surface area contributed by atoms with Crippen molar-refractivity contribution in [2.45, 2.75) is 25.7 Å². The number of hydrogen-bond acceptors (Lipinski definition) is 9. The number of amides is 1. The number of nitrogens with one attached hydrogen (secondary N) is 1. The maximum absolute atomic E-state index is 14.3. The van der Waals surface area contributed by atoms with Gasteiger partial charge in [-0.1, -0.05) is 0 Å². The molecule has 10 nitrogen and oxygen atoms in total. The van der Waals surface area contributed by atoms with E-state index in [4.69, 9.17) is 14.2 Å². The third-order valence-electron chi connectivity index (χ3n) is 5.22. The lowest BCUT2D eigenvalue weighted by molar-refractivity contribution is -0.119. The van der Waals surface area contributed by atoms with Crippen LogP contribution < -0.4 is 5.32 Å². The van der Waals surface area contributed by atoms with Crippen LogP contribution in [-0.4, -0.2) is 70.1 Å². The van der Waals surface area contributed by atoms with Crippen molar-refractivity contribution >= 4 is 44.2 Å². The van der Waals surface area contributed by atoms with Gasteiger partial charge in [0.2, 0.25) is 10.0 Å². The van der Waals surface area contributed by atoms with Crippen LogP contribution in [0.4, 0.5) is 9.39 Å². The van der Waals surface area contributed by atoms with Crippen LogP contribution in [0.2, 0.25) is 0 Å². The van der Waals surface area contributed by atoms with E-state index in [9.17, 15) is 27.2 Å². The number of sulfonamides is 1. The summed E-state index contributed by atoms with van der Waals surface area (Å²) in [5.41, 5.74) is 0.240. The molecule has 1 saturated heterocycles. The SMILES string of the molecule is CCOC(=O)c1c(NC(=O)COC(=O)c2cc(S(=O)(=O)N3CCOCC3)ccc2F)sc(C)c1C. The zero-order chi connectivity index (χ0) is 25.8. The van der Waals surface area contributed by atoms with E-state index in [1.165, 1.54) is 4.31 Å². The number of anilines is 1. The summed E-state index contributed by atoms with van der Waals surface area (Å²) in [7, 11) is -3.97. The van der Waals surface area contributed by atoms with E-state index in [-0.39, 0.29) is 48.4 Å². The first-order valence-electron chi connectivity index (χ1n) is 10.7. The van der Waals surface area contributed by atoms with Gasteiger partial charge >= 0.3 is 11.9 Å². The second-order valence-electron chi connectivity index (χ2n) is 7.49. The predicted octanol–water partition coefficient (Wildman–Crippen LogP) is 2.50. The highest BCUT2D eigenvalue weighted by Gasteiger charge is 2.28. The molecular weight excluding hydrogens is 503 g/mol. The van der Waals surface area contributed by atoms with Crippen LogP contribution in [-0.2, 0) is 29.0 Å². The van der Waals surface area contributed by atoms with E-state index >= 15 is 0 Å². The van der Waals surface area contributed by atoms with Crippen LogP contribution >= 0.6 is 11.3 Å². The number of ether oxygens (including phenoxy) is 3. The number of rotatable bonds is 8. The normalized spacial score (nSPS) is 14.4. The first-order valence-corrected chi connectivity index (χ1v) is 12.9. The lowest BCUT2D eigenvalue weighted by atomic mass is 10.1. The van der Waals surface area contributed by atoms with Crippen molar-refractivity contribution in [2.75, 3.05) is 44.8 Å². The number of nitrogens with zero attached hydrogens (tertiary/aromatic N) is 1. The van der Waals surface area contributed by atoms with E-state index in [0.717, 1.165) is 34.4 Å². The fourth-order valence-corrected chi connectivity index (χ4v) is 5.79. The molecule has 1 N–H and O–H groups in total. The number of hydrogen-bond donors (Lipinski definition) is 1. The van der Waals surface area contributed by atoms with E-state index in [0.29, 0.717) is 5.56 Å². The molecule has 0 saturated carbocycles. The van der Waals surface area contributed by atoms with Crippen molar-refractivity contribution in [3.63, 3.8) is 0 Å². The van der Waals surface area contributed by atoms with Gasteiger partial charge in [-0.2, -0.15) is 4.31 Å². The Morgan fingerprint density at radius 2 is 1.83 bits per heavy atom. The van der Waals surface area contributed by atoms with Gasteiger partial charge in [-0.3, -0.25) is 4.79 Å². The first kappa shape index (κ1) is 26.7. The van der Waals surface area contributed by atoms with Crippen LogP contribution in [0.1, 0.15) is 38.1 Å². The molecule has 0 bridgehead atoms. The lowest BCUT2D eigenvalue weighted by Crippen LogP contribution is -2.40. The van der Waals surface area contributed by atoms with Crippen molar-refractivity contribution in [3.05, 3.63) is 45.6 Å². The average molecular weight is 529 g/mol. The molecule has 35 heavy (non-hydrogen) atoms. The molecule has 0 spiro atoms. The topological polar surface area (TPSA) is 128 Å². The smallest absolute Gasteiger partial charge is 0.341 e. The average Bonchev–Trinajstić information content (AvgIpc) is 3.11. The standard InChI is InChI=1S/C22H25FN2O8S2/c1-4-32-22(28)19-13(2)14(3)34-20(19)24-18(26)12-33-21(27)16-11-15(5-6-17(16)23)35(29,30)25-7-9-31-10-8-25/h5-6,11H,4,7-10,12H2,1-3H3,(H,24,26). The molecule has 2 aromatic rings. The summed E-state index contributed by atoms with van der Waals surface area (Å²) in [6, 6.07) is 2.79. The van der Waals surface area contributed by atoms with Crippen molar-refractivity contribution in [1.29, 1.82) is 0 Å². The van der Waals surface area contributed by atoms with Gasteiger partial charge in [-0.15, -0.1) is 11.3 Å². The summed E-state index contributed by atoms with van der Waals surface area (Å²) in [6.45, 7) is 5.25. The zero-order valence-corrected chi connectivity index (χ0v) is 21.0. The minimum atomic E-state index is -3.97. The Kier molecular flexibility index (Phi) is 8.59. The quantitative estimate of drug-likeness (QED) is 0.518. The predicted molar refractivity (Wildman–Crippen MR) is 125 cm³/mol. The molecule has 1 fully saturated rings. The maximum atomic E-state index is 14.3. The van der Waals surface area contributed by atoms with Gasteiger partial charge in [0.25, 0.3) is 5.91 Å². The molecule has 1 aromatic heterocycles. The van der Waals surface area contributed by atoms with Crippen LogP contribution in [0.3, 0.4) is 0 Å². The molecule has 13 heteroatoms. The van der Waals surface area contributed by atoms with Gasteiger partial charge in [0.05, 0.1) is 35.8 Å². The lowest BCUT2D eigenvalue weighted by Gasteiger charge is -2.26. The number of carbonyl (C=O) groups is 3. The molecule has 1 amide bonds. The fourth-order valence-electron chi connectivity index (χ4n) is 3.29. The zero-order valence-electron chi connectivity index (χ0n) is 19.4. The summed E-state index contributed by atoms with van der Waals surface area (Å²) in [5.74, 6) is -3.56. The van der Waals surface area contributed by atoms with E-state index in [1.807, 2.05) is 0 Å². The minimum absolute atomic E-state index is 0.134. The van der Waals surface area contributed by atoms with Gasteiger partial charge in [-0.05, 0) is 44.5 Å². The van der Waals surface area contributed by atoms with Gasteiger partial charge in [0.1, 0.15) is 10.8 Å². The summed E-state index contributed by atoms with van der Waals surface area (Å²) in [5, 5.41) is 2.75. The second-order valence-corrected chi connectivity index (χ2v) is 10.7. The maximum Gasteiger partial charge on any atom is 0.341 e.